The summed E-state index contributed by atoms with van der Waals surface area (Å²) in [6, 6.07) is 0. The van der Waals surface area contributed by atoms with Gasteiger partial charge in [0.2, 0.25) is 0 Å². The monoisotopic (exact) mass is 592 g/mol. The third-order valence-electron chi connectivity index (χ3n) is 5.89. The van der Waals surface area contributed by atoms with E-state index >= 15 is 0 Å². The molecule has 0 aromatic carbocycles. The van der Waals surface area contributed by atoms with Crippen LogP contribution in [0.1, 0.15) is 110 Å². The lowest BCUT2D eigenvalue weighted by atomic mass is 10.1. The largest absolute Gasteiger partial charge is 0.472 e. The van der Waals surface area contributed by atoms with E-state index in [0.29, 0.717) is 12.8 Å². The molecule has 0 radical (unpaired) electrons. The van der Waals surface area contributed by atoms with Gasteiger partial charge in [-0.25, -0.2) is 4.57 Å². The molecule has 0 aliphatic heterocycles. The van der Waals surface area contributed by atoms with Crippen molar-refractivity contribution in [3.63, 3.8) is 0 Å². The van der Waals surface area contributed by atoms with Crippen LogP contribution in [0, 0.1) is 0 Å². The highest BCUT2D eigenvalue weighted by molar-refractivity contribution is 7.47. The highest BCUT2D eigenvalue weighted by atomic mass is 31.2. The second-order valence-corrected chi connectivity index (χ2v) is 11.2. The molecular formula is C29H53O10P. The fourth-order valence-corrected chi connectivity index (χ4v) is 4.38. The van der Waals surface area contributed by atoms with Gasteiger partial charge in [0.15, 0.2) is 0 Å². The van der Waals surface area contributed by atoms with Crippen LogP contribution in [0.4, 0.5) is 0 Å². The number of unbranched alkanes of at least 4 members (excludes halogenated alkanes) is 9. The quantitative estimate of drug-likeness (QED) is 0.0453. The Kier molecular flexibility index (Phi) is 25.3. The predicted octanol–water partition coefficient (Wildman–Crippen LogP) is 5.93. The molecule has 0 saturated carbocycles. The molecule has 0 amide bonds. The van der Waals surface area contributed by atoms with Crippen molar-refractivity contribution in [1.82, 2.24) is 0 Å². The second kappa shape index (κ2) is 26.4. The van der Waals surface area contributed by atoms with E-state index in [1.165, 1.54) is 32.1 Å². The van der Waals surface area contributed by atoms with E-state index in [2.05, 4.69) is 31.2 Å². The normalized spacial score (nSPS) is 14.8. The standard InChI is InChI=1S/C29H53O10P/c1-3-5-6-7-8-9-10-11-12-13-14-15-16-17-18-19-21-29(33)39-27(23-31)25-37-40(34,35)36-24-26(22-30)38-28(32)20-4-2/h9-10,12-13,26-27,30-31H,3-8,11,14-25H2,1-2H3,(H,34,35)/b10-9-,13-12-. The molecule has 11 heteroatoms. The fourth-order valence-electron chi connectivity index (χ4n) is 3.59. The molecule has 3 N–H and O–H groups in total. The molecule has 0 rings (SSSR count). The van der Waals surface area contributed by atoms with E-state index in [1.807, 2.05) is 0 Å². The molecule has 0 heterocycles. The number of hydrogen-bond acceptors (Lipinski definition) is 9. The van der Waals surface area contributed by atoms with Gasteiger partial charge in [-0.1, -0.05) is 76.7 Å². The van der Waals surface area contributed by atoms with Crippen LogP contribution in [0.2, 0.25) is 0 Å². The molecule has 10 nitrogen and oxygen atoms in total. The first-order valence-electron chi connectivity index (χ1n) is 14.8. The van der Waals surface area contributed by atoms with Gasteiger partial charge in [-0.2, -0.15) is 0 Å². The smallest absolute Gasteiger partial charge is 0.457 e. The van der Waals surface area contributed by atoms with Crippen LogP contribution in [0.15, 0.2) is 24.3 Å². The number of phosphoric acid groups is 1. The Morgan fingerprint density at radius 2 is 1.15 bits per heavy atom. The maximum absolute atomic E-state index is 12.1. The summed E-state index contributed by atoms with van der Waals surface area (Å²) in [6.45, 7) is 1.69. The van der Waals surface area contributed by atoms with Crippen LogP contribution < -0.4 is 0 Å². The Bertz CT molecular complexity index is 740. The number of allylic oxidation sites excluding steroid dienone is 4. The van der Waals surface area contributed by atoms with Crippen molar-refractivity contribution in [2.75, 3.05) is 26.4 Å². The second-order valence-electron chi connectivity index (χ2n) is 9.73. The lowest BCUT2D eigenvalue weighted by molar-refractivity contribution is -0.153. The van der Waals surface area contributed by atoms with Crippen molar-refractivity contribution in [2.24, 2.45) is 0 Å². The third-order valence-corrected chi connectivity index (χ3v) is 6.84. The first-order valence-corrected chi connectivity index (χ1v) is 16.3. The van der Waals surface area contributed by atoms with Gasteiger partial charge in [-0.15, -0.1) is 0 Å². The van der Waals surface area contributed by atoms with Crippen molar-refractivity contribution < 1.29 is 47.8 Å². The summed E-state index contributed by atoms with van der Waals surface area (Å²) in [6.07, 6.45) is 20.7. The first kappa shape index (κ1) is 38.5. The molecule has 0 spiro atoms. The van der Waals surface area contributed by atoms with Gasteiger partial charge in [-0.05, 0) is 44.9 Å². The lowest BCUT2D eigenvalue weighted by Gasteiger charge is -2.20. The maximum atomic E-state index is 12.1. The Labute approximate surface area is 240 Å². The Morgan fingerprint density at radius 1 is 0.675 bits per heavy atom. The molecule has 234 valence electrons. The Balaban J connectivity index is 3.95. The van der Waals surface area contributed by atoms with E-state index < -0.39 is 58.4 Å². The van der Waals surface area contributed by atoms with Gasteiger partial charge < -0.3 is 24.6 Å². The molecule has 40 heavy (non-hydrogen) atoms. The number of aliphatic hydroxyl groups excluding tert-OH is 2. The van der Waals surface area contributed by atoms with E-state index in [9.17, 15) is 29.3 Å². The van der Waals surface area contributed by atoms with Gasteiger partial charge in [-0.3, -0.25) is 18.6 Å². The molecule has 0 aliphatic carbocycles. The summed E-state index contributed by atoms with van der Waals surface area (Å²) in [4.78, 5) is 33.3. The molecule has 0 fully saturated rings. The van der Waals surface area contributed by atoms with Crippen molar-refractivity contribution in [2.45, 2.75) is 122 Å². The zero-order valence-electron chi connectivity index (χ0n) is 24.5. The number of aliphatic hydroxyl groups is 2. The third kappa shape index (κ3) is 24.3. The van der Waals surface area contributed by atoms with E-state index in [4.69, 9.17) is 18.5 Å². The zero-order chi connectivity index (χ0) is 29.9. The fraction of sp³-hybridized carbons (Fsp3) is 0.793. The summed E-state index contributed by atoms with van der Waals surface area (Å²) >= 11 is 0. The van der Waals surface area contributed by atoms with Crippen molar-refractivity contribution in [1.29, 1.82) is 0 Å². The molecule has 0 aromatic heterocycles. The minimum atomic E-state index is -4.60. The number of phosphoric ester groups is 1. The topological polar surface area (TPSA) is 149 Å². The van der Waals surface area contributed by atoms with Crippen LogP contribution in [-0.4, -0.2) is 65.7 Å². The molecular weight excluding hydrogens is 539 g/mol. The van der Waals surface area contributed by atoms with Crippen molar-refractivity contribution in [3.05, 3.63) is 24.3 Å². The van der Waals surface area contributed by atoms with Crippen molar-refractivity contribution >= 4 is 19.8 Å². The van der Waals surface area contributed by atoms with Gasteiger partial charge in [0, 0.05) is 12.8 Å². The highest BCUT2D eigenvalue weighted by Crippen LogP contribution is 2.43. The van der Waals surface area contributed by atoms with E-state index in [0.717, 1.165) is 38.5 Å². The maximum Gasteiger partial charge on any atom is 0.472 e. The zero-order valence-corrected chi connectivity index (χ0v) is 25.4. The van der Waals surface area contributed by atoms with Crippen LogP contribution in [0.25, 0.3) is 0 Å². The molecule has 3 atom stereocenters. The van der Waals surface area contributed by atoms with Gasteiger partial charge in [0.1, 0.15) is 12.2 Å². The van der Waals surface area contributed by atoms with Gasteiger partial charge in [0.05, 0.1) is 26.4 Å². The summed E-state index contributed by atoms with van der Waals surface area (Å²) in [7, 11) is -4.60. The highest BCUT2D eigenvalue weighted by Gasteiger charge is 2.27. The predicted molar refractivity (Wildman–Crippen MR) is 155 cm³/mol. The Morgan fingerprint density at radius 3 is 1.65 bits per heavy atom. The summed E-state index contributed by atoms with van der Waals surface area (Å²) < 4.78 is 31.6. The first-order chi connectivity index (χ1) is 19.3. The summed E-state index contributed by atoms with van der Waals surface area (Å²) in [5.74, 6) is -1.09. The molecule has 0 saturated heterocycles. The van der Waals surface area contributed by atoms with E-state index in [1.54, 1.807) is 6.92 Å². The molecule has 0 aliphatic rings. The number of carbonyl (C=O) groups excluding carboxylic acids is 2. The Hall–Kier alpha value is -1.55. The van der Waals surface area contributed by atoms with Crippen molar-refractivity contribution in [3.8, 4) is 0 Å². The average molecular weight is 593 g/mol. The van der Waals surface area contributed by atoms with Crippen LogP contribution in [-0.2, 0) is 32.7 Å². The van der Waals surface area contributed by atoms with Gasteiger partial charge >= 0.3 is 19.8 Å². The molecule has 0 bridgehead atoms. The minimum absolute atomic E-state index is 0.141. The van der Waals surface area contributed by atoms with Gasteiger partial charge in [0.25, 0.3) is 0 Å². The number of hydrogen-bond donors (Lipinski definition) is 3. The molecule has 0 aromatic rings. The SMILES string of the molecule is CCCCCC/C=C\C/C=C\CCCCCCCC(=O)OC(CO)COP(=O)(O)OCC(CO)OC(=O)CCC. The average Bonchev–Trinajstić information content (AvgIpc) is 2.93. The summed E-state index contributed by atoms with van der Waals surface area (Å²) in [5.41, 5.74) is 0. The minimum Gasteiger partial charge on any atom is -0.457 e. The van der Waals surface area contributed by atoms with E-state index in [-0.39, 0.29) is 12.8 Å². The van der Waals surface area contributed by atoms with Crippen LogP contribution >= 0.6 is 7.82 Å². The number of esters is 2. The molecule has 3 unspecified atom stereocenters. The summed E-state index contributed by atoms with van der Waals surface area (Å²) in [5, 5.41) is 18.7. The van der Waals surface area contributed by atoms with Crippen LogP contribution in [0.3, 0.4) is 0 Å². The van der Waals surface area contributed by atoms with Crippen LogP contribution in [0.5, 0.6) is 0 Å². The number of ether oxygens (including phenoxy) is 2. The number of carbonyl (C=O) groups is 2. The number of rotatable bonds is 27. The lowest BCUT2D eigenvalue weighted by Crippen LogP contribution is -2.28.